The van der Waals surface area contributed by atoms with Crippen LogP contribution in [-0.2, 0) is 5.41 Å². The van der Waals surface area contributed by atoms with E-state index in [1.165, 1.54) is 90.2 Å². The van der Waals surface area contributed by atoms with Crippen LogP contribution in [0.1, 0.15) is 25.0 Å². The van der Waals surface area contributed by atoms with Crippen molar-refractivity contribution in [2.24, 2.45) is 0 Å². The summed E-state index contributed by atoms with van der Waals surface area (Å²) in [6.45, 7) is 4.72. The van der Waals surface area contributed by atoms with Gasteiger partial charge in [0.1, 0.15) is 0 Å². The molecular weight excluding hydrogens is 667 g/mol. The molecule has 11 rings (SSSR count). The molecule has 2 heterocycles. The number of thiophene rings is 2. The van der Waals surface area contributed by atoms with Crippen molar-refractivity contribution in [1.29, 1.82) is 0 Å². The topological polar surface area (TPSA) is 3.24 Å². The lowest BCUT2D eigenvalue weighted by Crippen LogP contribution is -2.16. The highest BCUT2D eigenvalue weighted by molar-refractivity contribution is 7.26. The highest BCUT2D eigenvalue weighted by Gasteiger charge is 2.35. The lowest BCUT2D eigenvalue weighted by molar-refractivity contribution is 0.660. The molecule has 0 radical (unpaired) electrons. The van der Waals surface area contributed by atoms with Crippen LogP contribution in [0.4, 0.5) is 17.1 Å². The summed E-state index contributed by atoms with van der Waals surface area (Å²) in [6.07, 6.45) is 0. The van der Waals surface area contributed by atoms with Gasteiger partial charge in [-0.3, -0.25) is 0 Å². The molecule has 3 heteroatoms. The van der Waals surface area contributed by atoms with Crippen LogP contribution >= 0.6 is 22.7 Å². The van der Waals surface area contributed by atoms with E-state index in [4.69, 9.17) is 0 Å². The summed E-state index contributed by atoms with van der Waals surface area (Å²) in [5.41, 5.74) is 11.3. The Hall–Kier alpha value is -5.74. The summed E-state index contributed by atoms with van der Waals surface area (Å²) < 4.78 is 5.33. The number of anilines is 3. The number of rotatable bonds is 4. The molecule has 8 aromatic carbocycles. The normalized spacial score (nSPS) is 13.3. The third-order valence-electron chi connectivity index (χ3n) is 11.3. The molecule has 0 spiro atoms. The summed E-state index contributed by atoms with van der Waals surface area (Å²) in [4.78, 5) is 2.44. The van der Waals surface area contributed by atoms with Crippen molar-refractivity contribution in [1.82, 2.24) is 0 Å². The fraction of sp³-hybridized carbons (Fsp3) is 0.0612. The monoisotopic (exact) mass is 699 g/mol. The summed E-state index contributed by atoms with van der Waals surface area (Å²) in [7, 11) is 0. The van der Waals surface area contributed by atoms with Gasteiger partial charge in [0.25, 0.3) is 0 Å². The second kappa shape index (κ2) is 11.1. The van der Waals surface area contributed by atoms with Crippen LogP contribution in [0.3, 0.4) is 0 Å². The van der Waals surface area contributed by atoms with E-state index in [1.54, 1.807) is 0 Å². The lowest BCUT2D eigenvalue weighted by Gasteiger charge is -2.28. The zero-order valence-electron chi connectivity index (χ0n) is 28.9. The second-order valence-corrected chi connectivity index (χ2v) is 16.6. The van der Waals surface area contributed by atoms with Crippen molar-refractivity contribution in [3.05, 3.63) is 175 Å². The SMILES string of the molecule is CC1(C)c2ccccc2-c2ccc(N(c3ccc(-c4cccc5c4ccc4c6ccccc6sc54)cc3)c3ccc4c(c3)sc3ccccc34)cc21. The molecule has 10 aromatic rings. The molecule has 0 unspecified atom stereocenters. The smallest absolute Gasteiger partial charge is 0.0476 e. The van der Waals surface area contributed by atoms with Gasteiger partial charge in [0.2, 0.25) is 0 Å². The predicted octanol–water partition coefficient (Wildman–Crippen LogP) is 15.0. The highest BCUT2D eigenvalue weighted by Crippen LogP contribution is 2.51. The zero-order valence-corrected chi connectivity index (χ0v) is 30.5. The van der Waals surface area contributed by atoms with Crippen LogP contribution in [-0.4, -0.2) is 0 Å². The molecule has 246 valence electrons. The van der Waals surface area contributed by atoms with Gasteiger partial charge in [-0.25, -0.2) is 0 Å². The molecule has 52 heavy (non-hydrogen) atoms. The number of fused-ring (bicyclic) bond motifs is 11. The Morgan fingerprint density at radius 3 is 1.79 bits per heavy atom. The van der Waals surface area contributed by atoms with Gasteiger partial charge in [0.15, 0.2) is 0 Å². The maximum absolute atomic E-state index is 2.44. The van der Waals surface area contributed by atoms with E-state index in [-0.39, 0.29) is 5.41 Å². The molecule has 2 aromatic heterocycles. The molecule has 0 amide bonds. The molecule has 1 nitrogen and oxygen atoms in total. The summed E-state index contributed by atoms with van der Waals surface area (Å²) in [5, 5.41) is 7.93. The Morgan fingerprint density at radius 1 is 0.385 bits per heavy atom. The fourth-order valence-electron chi connectivity index (χ4n) is 8.71. The van der Waals surface area contributed by atoms with Gasteiger partial charge in [-0.15, -0.1) is 22.7 Å². The minimum atomic E-state index is -0.0823. The standard InChI is InChI=1S/C49H33NS2/c1-49(2)43-15-6-3-10-36(43)37-24-22-32(28-44(37)49)50(33-23-25-40-38-11-4-7-16-45(38)51-47(40)29-33)31-20-18-30(19-21-31)34-13-9-14-41-35(34)26-27-42-39-12-5-8-17-46(39)52-48(41)42/h3-29H,1-2H3. The average molecular weight is 700 g/mol. The minimum absolute atomic E-state index is 0.0823. The van der Waals surface area contributed by atoms with Gasteiger partial charge in [-0.2, -0.15) is 0 Å². The second-order valence-electron chi connectivity index (χ2n) is 14.5. The van der Waals surface area contributed by atoms with Gasteiger partial charge in [0.05, 0.1) is 0 Å². The van der Waals surface area contributed by atoms with Crippen molar-refractivity contribution in [2.75, 3.05) is 4.90 Å². The molecule has 0 bridgehead atoms. The van der Waals surface area contributed by atoms with E-state index >= 15 is 0 Å². The molecular formula is C49H33NS2. The number of hydrogen-bond acceptors (Lipinski definition) is 3. The summed E-state index contributed by atoms with van der Waals surface area (Å²) in [5.74, 6) is 0. The quantitative estimate of drug-likeness (QED) is 0.177. The maximum Gasteiger partial charge on any atom is 0.0476 e. The van der Waals surface area contributed by atoms with E-state index in [1.807, 2.05) is 22.7 Å². The lowest BCUT2D eigenvalue weighted by atomic mass is 9.82. The van der Waals surface area contributed by atoms with Gasteiger partial charge < -0.3 is 4.90 Å². The van der Waals surface area contributed by atoms with Crippen LogP contribution < -0.4 is 4.90 Å². The van der Waals surface area contributed by atoms with Gasteiger partial charge in [-0.05, 0) is 87.3 Å². The first kappa shape index (κ1) is 29.9. The first-order chi connectivity index (χ1) is 25.5. The Bertz CT molecular complexity index is 3050. The van der Waals surface area contributed by atoms with E-state index in [2.05, 4.69) is 183 Å². The van der Waals surface area contributed by atoms with Gasteiger partial charge in [0, 0.05) is 68.2 Å². The number of nitrogens with zero attached hydrogens (tertiary/aromatic N) is 1. The molecule has 1 aliphatic carbocycles. The molecule has 0 saturated heterocycles. The number of hydrogen-bond donors (Lipinski definition) is 0. The van der Waals surface area contributed by atoms with Crippen molar-refractivity contribution in [3.63, 3.8) is 0 Å². The van der Waals surface area contributed by atoms with Crippen LogP contribution in [0.2, 0.25) is 0 Å². The Kier molecular flexibility index (Phi) is 6.41. The van der Waals surface area contributed by atoms with Crippen LogP contribution in [0.25, 0.3) is 73.4 Å². The Labute approximate surface area is 310 Å². The molecule has 0 atom stereocenters. The first-order valence-corrected chi connectivity index (χ1v) is 19.6. The van der Waals surface area contributed by atoms with E-state index in [0.717, 1.165) is 11.4 Å². The Morgan fingerprint density at radius 2 is 0.942 bits per heavy atom. The van der Waals surface area contributed by atoms with Crippen molar-refractivity contribution >= 4 is 90.9 Å². The predicted molar refractivity (Wildman–Crippen MR) is 227 cm³/mol. The average Bonchev–Trinajstić information content (AvgIpc) is 3.83. The summed E-state index contributed by atoms with van der Waals surface area (Å²) >= 11 is 3.77. The van der Waals surface area contributed by atoms with Gasteiger partial charge in [-0.1, -0.05) is 129 Å². The van der Waals surface area contributed by atoms with Crippen LogP contribution in [0.5, 0.6) is 0 Å². The molecule has 0 fully saturated rings. The third kappa shape index (κ3) is 4.33. The Balaban J connectivity index is 1.06. The molecule has 0 N–H and O–H groups in total. The third-order valence-corrected chi connectivity index (χ3v) is 13.6. The maximum atomic E-state index is 2.44. The van der Waals surface area contributed by atoms with Crippen LogP contribution in [0.15, 0.2) is 164 Å². The first-order valence-electron chi connectivity index (χ1n) is 17.9. The van der Waals surface area contributed by atoms with Crippen LogP contribution in [0, 0.1) is 0 Å². The molecule has 0 aliphatic heterocycles. The van der Waals surface area contributed by atoms with Gasteiger partial charge >= 0.3 is 0 Å². The van der Waals surface area contributed by atoms with Crippen molar-refractivity contribution in [3.8, 4) is 22.3 Å². The minimum Gasteiger partial charge on any atom is -0.310 e. The van der Waals surface area contributed by atoms with E-state index in [0.29, 0.717) is 0 Å². The highest BCUT2D eigenvalue weighted by atomic mass is 32.1. The summed E-state index contributed by atoms with van der Waals surface area (Å²) in [6, 6.07) is 61.1. The fourth-order valence-corrected chi connectivity index (χ4v) is 11.1. The van der Waals surface area contributed by atoms with E-state index in [9.17, 15) is 0 Å². The van der Waals surface area contributed by atoms with E-state index < -0.39 is 0 Å². The zero-order chi connectivity index (χ0) is 34.6. The van der Waals surface area contributed by atoms with Crippen molar-refractivity contribution < 1.29 is 0 Å². The number of benzene rings is 8. The molecule has 1 aliphatic rings. The molecule has 0 saturated carbocycles. The largest absolute Gasteiger partial charge is 0.310 e. The van der Waals surface area contributed by atoms with Crippen molar-refractivity contribution in [2.45, 2.75) is 19.3 Å².